The van der Waals surface area contributed by atoms with Crippen molar-refractivity contribution in [3.8, 4) is 11.5 Å². The molecule has 47 heavy (non-hydrogen) atoms. The van der Waals surface area contributed by atoms with Crippen LogP contribution in [-0.4, -0.2) is 75.7 Å². The summed E-state index contributed by atoms with van der Waals surface area (Å²) in [5.41, 5.74) is 18.6. The van der Waals surface area contributed by atoms with E-state index < -0.39 is 47.9 Å². The highest BCUT2D eigenvalue weighted by Crippen LogP contribution is 2.14. The summed E-state index contributed by atoms with van der Waals surface area (Å²) < 4.78 is 0. The summed E-state index contributed by atoms with van der Waals surface area (Å²) in [6.07, 6.45) is 0.585. The van der Waals surface area contributed by atoms with Gasteiger partial charge in [0.05, 0.1) is 6.04 Å². The molecule has 0 bridgehead atoms. The van der Waals surface area contributed by atoms with Gasteiger partial charge in [0.15, 0.2) is 5.96 Å². The van der Waals surface area contributed by atoms with Crippen LogP contribution in [0.1, 0.15) is 29.5 Å². The van der Waals surface area contributed by atoms with E-state index in [1.807, 2.05) is 0 Å². The van der Waals surface area contributed by atoms with Gasteiger partial charge in [-0.15, -0.1) is 0 Å². The summed E-state index contributed by atoms with van der Waals surface area (Å²) in [4.78, 5) is 56.4. The fraction of sp³-hybridized carbons (Fsp3) is 0.303. The lowest BCUT2D eigenvalue weighted by molar-refractivity contribution is -0.142. The first-order chi connectivity index (χ1) is 22.4. The number of rotatable bonds is 17. The van der Waals surface area contributed by atoms with Gasteiger partial charge in [-0.05, 0) is 53.8 Å². The normalized spacial score (nSPS) is 13.3. The van der Waals surface area contributed by atoms with E-state index in [9.17, 15) is 34.5 Å². The summed E-state index contributed by atoms with van der Waals surface area (Å²) in [5.74, 6) is -3.42. The number of hydrogen-bond acceptors (Lipinski definition) is 8. The molecular formula is C33H41N7O7. The van der Waals surface area contributed by atoms with Gasteiger partial charge in [-0.1, -0.05) is 54.6 Å². The van der Waals surface area contributed by atoms with Crippen LogP contribution in [0.5, 0.6) is 11.5 Å². The zero-order chi connectivity index (χ0) is 34.3. The zero-order valence-electron chi connectivity index (χ0n) is 25.7. The number of aliphatic imine (C=N–C) groups is 1. The molecule has 14 nitrogen and oxygen atoms in total. The van der Waals surface area contributed by atoms with Crippen molar-refractivity contribution in [3.63, 3.8) is 0 Å². The van der Waals surface area contributed by atoms with Crippen molar-refractivity contribution in [1.82, 2.24) is 16.0 Å². The highest BCUT2D eigenvalue weighted by molar-refractivity contribution is 5.94. The van der Waals surface area contributed by atoms with Crippen LogP contribution in [0.3, 0.4) is 0 Å². The number of aromatic hydroxyl groups is 2. The number of hydrogen-bond donors (Lipinski definition) is 9. The molecule has 0 fully saturated rings. The minimum absolute atomic E-state index is 0.00312. The predicted molar refractivity (Wildman–Crippen MR) is 175 cm³/mol. The number of guanidine groups is 1. The molecule has 0 saturated carbocycles. The average Bonchev–Trinajstić information content (AvgIpc) is 3.04. The number of aliphatic carboxylic acids is 1. The summed E-state index contributed by atoms with van der Waals surface area (Å²) in [5, 5.41) is 37.0. The van der Waals surface area contributed by atoms with E-state index in [-0.39, 0.29) is 49.7 Å². The van der Waals surface area contributed by atoms with E-state index in [0.29, 0.717) is 23.1 Å². The standard InChI is InChI=1S/C33H41N7O7/c34-25(7-4-16-37-33(35)36)29(43)38-26(18-21-8-12-23(41)13-9-21)30(44)39-27(17-20-5-2-1-3-6-20)31(45)40-28(32(46)47)19-22-10-14-24(42)15-11-22/h1-3,5-6,8-15,25-28,41-42H,4,7,16-19,34H2,(H,38,43)(H,39,44)(H,40,45)(H,46,47)(H4,35,36,37). The molecule has 14 heteroatoms. The molecule has 0 aromatic heterocycles. The quantitative estimate of drug-likeness (QED) is 0.0540. The maximum Gasteiger partial charge on any atom is 0.326 e. The Hall–Kier alpha value is -5.63. The summed E-state index contributed by atoms with van der Waals surface area (Å²) in [6, 6.07) is 16.1. The van der Waals surface area contributed by atoms with Gasteiger partial charge in [0.1, 0.15) is 29.6 Å². The van der Waals surface area contributed by atoms with E-state index in [4.69, 9.17) is 17.2 Å². The van der Waals surface area contributed by atoms with Crippen molar-refractivity contribution in [1.29, 1.82) is 0 Å². The highest BCUT2D eigenvalue weighted by Gasteiger charge is 2.31. The van der Waals surface area contributed by atoms with Gasteiger partial charge in [0.2, 0.25) is 17.7 Å². The second kappa shape index (κ2) is 17.8. The molecule has 3 aromatic rings. The van der Waals surface area contributed by atoms with Gasteiger partial charge in [0, 0.05) is 25.8 Å². The van der Waals surface area contributed by atoms with Crippen molar-refractivity contribution in [3.05, 3.63) is 95.6 Å². The second-order valence-corrected chi connectivity index (χ2v) is 11.0. The second-order valence-electron chi connectivity index (χ2n) is 11.0. The van der Waals surface area contributed by atoms with Gasteiger partial charge in [-0.25, -0.2) is 4.79 Å². The number of amides is 3. The fourth-order valence-corrected chi connectivity index (χ4v) is 4.68. The number of carbonyl (C=O) groups excluding carboxylic acids is 3. The van der Waals surface area contributed by atoms with Crippen LogP contribution in [-0.2, 0) is 38.4 Å². The minimum atomic E-state index is -1.34. The molecule has 0 aliphatic rings. The molecule has 0 aliphatic carbocycles. The van der Waals surface area contributed by atoms with Crippen LogP contribution in [0.15, 0.2) is 83.9 Å². The van der Waals surface area contributed by atoms with Crippen LogP contribution in [0.4, 0.5) is 0 Å². The zero-order valence-corrected chi connectivity index (χ0v) is 25.7. The van der Waals surface area contributed by atoms with Crippen LogP contribution < -0.4 is 33.2 Å². The number of carboxylic acid groups (broad SMARTS) is 1. The molecule has 0 saturated heterocycles. The first kappa shape index (κ1) is 35.8. The van der Waals surface area contributed by atoms with Crippen molar-refractivity contribution in [2.75, 3.05) is 6.54 Å². The maximum absolute atomic E-state index is 13.8. The molecule has 3 aromatic carbocycles. The Morgan fingerprint density at radius 3 is 1.53 bits per heavy atom. The van der Waals surface area contributed by atoms with Crippen LogP contribution in [0.2, 0.25) is 0 Å². The van der Waals surface area contributed by atoms with E-state index in [1.165, 1.54) is 24.3 Å². The molecular weight excluding hydrogens is 606 g/mol. The number of carbonyl (C=O) groups is 4. The maximum atomic E-state index is 13.8. The van der Waals surface area contributed by atoms with Crippen LogP contribution in [0, 0.1) is 0 Å². The largest absolute Gasteiger partial charge is 0.508 e. The Morgan fingerprint density at radius 1 is 0.638 bits per heavy atom. The van der Waals surface area contributed by atoms with Crippen molar-refractivity contribution >= 4 is 29.7 Å². The number of nitrogens with zero attached hydrogens (tertiary/aromatic N) is 1. The van der Waals surface area contributed by atoms with E-state index in [0.717, 1.165) is 0 Å². The van der Waals surface area contributed by atoms with Crippen LogP contribution in [0.25, 0.3) is 0 Å². The molecule has 12 N–H and O–H groups in total. The predicted octanol–water partition coefficient (Wildman–Crippen LogP) is 0.0456. The third kappa shape index (κ3) is 12.4. The molecule has 0 radical (unpaired) electrons. The SMILES string of the molecule is NC(N)=NCCCC(N)C(=O)NC(Cc1ccc(O)cc1)C(=O)NC(Cc1ccccc1)C(=O)NC(Cc1ccc(O)cc1)C(=O)O. The lowest BCUT2D eigenvalue weighted by Gasteiger charge is -2.25. The van der Waals surface area contributed by atoms with Crippen LogP contribution >= 0.6 is 0 Å². The third-order valence-electron chi connectivity index (χ3n) is 7.22. The average molecular weight is 648 g/mol. The van der Waals surface area contributed by atoms with E-state index >= 15 is 0 Å². The minimum Gasteiger partial charge on any atom is -0.508 e. The molecule has 250 valence electrons. The van der Waals surface area contributed by atoms with E-state index in [1.54, 1.807) is 54.6 Å². The van der Waals surface area contributed by atoms with Crippen molar-refractivity contribution < 1.29 is 34.5 Å². The monoisotopic (exact) mass is 647 g/mol. The van der Waals surface area contributed by atoms with E-state index in [2.05, 4.69) is 20.9 Å². The molecule has 3 amide bonds. The smallest absolute Gasteiger partial charge is 0.326 e. The van der Waals surface area contributed by atoms with Gasteiger partial charge >= 0.3 is 5.97 Å². The van der Waals surface area contributed by atoms with Crippen molar-refractivity contribution in [2.24, 2.45) is 22.2 Å². The number of nitrogens with one attached hydrogen (secondary N) is 3. The Balaban J connectivity index is 1.82. The van der Waals surface area contributed by atoms with Gasteiger partial charge < -0.3 is 48.5 Å². The molecule has 0 aliphatic heterocycles. The lowest BCUT2D eigenvalue weighted by atomic mass is 10.0. The Bertz CT molecular complexity index is 1510. The number of phenols is 2. The summed E-state index contributed by atoms with van der Waals surface area (Å²) in [6.45, 7) is 0.265. The Labute approximate surface area is 272 Å². The number of carboxylic acids is 1. The Kier molecular flexibility index (Phi) is 13.5. The first-order valence-electron chi connectivity index (χ1n) is 15.0. The molecule has 4 unspecified atom stereocenters. The third-order valence-corrected chi connectivity index (χ3v) is 7.22. The first-order valence-corrected chi connectivity index (χ1v) is 15.0. The number of benzene rings is 3. The van der Waals surface area contributed by atoms with Gasteiger partial charge in [0.25, 0.3) is 0 Å². The fourth-order valence-electron chi connectivity index (χ4n) is 4.68. The molecule has 0 heterocycles. The van der Waals surface area contributed by atoms with Gasteiger partial charge in [-0.2, -0.15) is 0 Å². The molecule has 3 rings (SSSR count). The summed E-state index contributed by atoms with van der Waals surface area (Å²) >= 11 is 0. The molecule has 4 atom stereocenters. The molecule has 0 spiro atoms. The topological polar surface area (TPSA) is 255 Å². The summed E-state index contributed by atoms with van der Waals surface area (Å²) in [7, 11) is 0. The number of nitrogens with two attached hydrogens (primary N) is 3. The number of phenolic OH excluding ortho intramolecular Hbond substituents is 2. The lowest BCUT2D eigenvalue weighted by Crippen LogP contribution is -2.58. The Morgan fingerprint density at radius 2 is 1.06 bits per heavy atom. The highest BCUT2D eigenvalue weighted by atomic mass is 16.4. The van der Waals surface area contributed by atoms with Crippen molar-refractivity contribution in [2.45, 2.75) is 56.3 Å². The van der Waals surface area contributed by atoms with Gasteiger partial charge in [-0.3, -0.25) is 19.4 Å².